The molecule has 9 nitrogen and oxygen atoms in total. The molecule has 6 aromatic rings. The summed E-state index contributed by atoms with van der Waals surface area (Å²) in [6.45, 7) is 1.90. The molecule has 0 fully saturated rings. The zero-order valence-corrected chi connectivity index (χ0v) is 21.3. The number of H-pyrrole nitrogens is 1. The average molecular weight is 518 g/mol. The molecule has 0 bridgehead atoms. The number of phenols is 1. The van der Waals surface area contributed by atoms with Crippen LogP contribution in [0.15, 0.2) is 79.5 Å². The van der Waals surface area contributed by atoms with E-state index in [1.165, 1.54) is 0 Å². The van der Waals surface area contributed by atoms with Crippen LogP contribution in [0.4, 0.5) is 0 Å². The largest absolute Gasteiger partial charge is 0.508 e. The minimum atomic E-state index is -0.343. The predicted octanol–water partition coefficient (Wildman–Crippen LogP) is 4.13. The van der Waals surface area contributed by atoms with Gasteiger partial charge in [0.05, 0.1) is 42.0 Å². The van der Waals surface area contributed by atoms with E-state index in [4.69, 9.17) is 0 Å². The fourth-order valence-corrected chi connectivity index (χ4v) is 5.59. The molecule has 1 unspecified atom stereocenters. The minimum Gasteiger partial charge on any atom is -0.508 e. The number of fused-ring (bicyclic) bond motifs is 3. The van der Waals surface area contributed by atoms with Gasteiger partial charge in [0.1, 0.15) is 5.75 Å². The Morgan fingerprint density at radius 1 is 1.03 bits per heavy atom. The number of carbonyl (C=O) groups is 1. The number of aromatic hydroxyl groups is 1. The molecule has 1 aliphatic heterocycles. The van der Waals surface area contributed by atoms with Crippen LogP contribution in [-0.2, 0) is 26.7 Å². The Kier molecular flexibility index (Phi) is 5.45. The van der Waals surface area contributed by atoms with E-state index < -0.39 is 0 Å². The van der Waals surface area contributed by atoms with E-state index in [1.54, 1.807) is 24.5 Å². The van der Waals surface area contributed by atoms with E-state index in [9.17, 15) is 9.90 Å². The highest BCUT2D eigenvalue weighted by Crippen LogP contribution is 2.38. The molecular weight excluding hydrogens is 490 g/mol. The number of rotatable bonds is 7. The van der Waals surface area contributed by atoms with Gasteiger partial charge in [0.15, 0.2) is 0 Å². The Morgan fingerprint density at radius 2 is 1.92 bits per heavy atom. The van der Waals surface area contributed by atoms with Crippen LogP contribution in [-0.4, -0.2) is 35.1 Å². The van der Waals surface area contributed by atoms with Crippen molar-refractivity contribution in [1.29, 1.82) is 0 Å². The Bertz CT molecular complexity index is 1860. The first-order chi connectivity index (χ1) is 19.0. The van der Waals surface area contributed by atoms with Crippen LogP contribution in [0, 0.1) is 0 Å². The third-order valence-electron chi connectivity index (χ3n) is 7.39. The molecule has 0 spiro atoms. The summed E-state index contributed by atoms with van der Waals surface area (Å²) in [5, 5.41) is 17.9. The molecule has 9 heteroatoms. The lowest BCUT2D eigenvalue weighted by Gasteiger charge is -2.15. The topological polar surface area (TPSA) is 113 Å². The quantitative estimate of drug-likeness (QED) is 0.254. The van der Waals surface area contributed by atoms with E-state index in [-0.39, 0.29) is 17.7 Å². The van der Waals surface area contributed by atoms with Crippen LogP contribution in [0.1, 0.15) is 44.5 Å². The van der Waals surface area contributed by atoms with Crippen LogP contribution in [0.2, 0.25) is 0 Å². The highest BCUT2D eigenvalue weighted by molar-refractivity contribution is 6.01. The second-order valence-electron chi connectivity index (χ2n) is 10.1. The molecule has 39 heavy (non-hydrogen) atoms. The van der Waals surface area contributed by atoms with Gasteiger partial charge in [-0.15, -0.1) is 0 Å². The summed E-state index contributed by atoms with van der Waals surface area (Å²) in [6.07, 6.45) is 5.68. The molecule has 7 rings (SSSR count). The van der Waals surface area contributed by atoms with Gasteiger partial charge in [0.25, 0.3) is 5.91 Å². The second kappa shape index (κ2) is 9.14. The van der Waals surface area contributed by atoms with Crippen molar-refractivity contribution in [2.75, 3.05) is 0 Å². The van der Waals surface area contributed by atoms with Crippen molar-refractivity contribution in [1.82, 2.24) is 34.7 Å². The summed E-state index contributed by atoms with van der Waals surface area (Å²) in [4.78, 5) is 25.3. The molecule has 0 saturated carbocycles. The molecule has 1 atom stereocenters. The van der Waals surface area contributed by atoms with Crippen LogP contribution < -0.4 is 10.6 Å². The third-order valence-corrected chi connectivity index (χ3v) is 7.39. The third kappa shape index (κ3) is 4.13. The highest BCUT2D eigenvalue weighted by atomic mass is 16.3. The van der Waals surface area contributed by atoms with Gasteiger partial charge in [-0.1, -0.05) is 24.3 Å². The summed E-state index contributed by atoms with van der Waals surface area (Å²) < 4.78 is 4.06. The van der Waals surface area contributed by atoms with E-state index in [2.05, 4.69) is 48.4 Å². The van der Waals surface area contributed by atoms with Gasteiger partial charge in [-0.25, -0.2) is 9.97 Å². The maximum Gasteiger partial charge on any atom is 0.252 e. The normalized spacial score (nSPS) is 14.8. The average Bonchev–Trinajstić information content (AvgIpc) is 3.69. The van der Waals surface area contributed by atoms with Gasteiger partial charge >= 0.3 is 0 Å². The Morgan fingerprint density at radius 3 is 2.79 bits per heavy atom. The fourth-order valence-electron chi connectivity index (χ4n) is 5.59. The van der Waals surface area contributed by atoms with Gasteiger partial charge in [-0.2, -0.15) is 0 Å². The lowest BCUT2D eigenvalue weighted by atomic mass is 9.95. The zero-order chi connectivity index (χ0) is 26.5. The molecule has 3 aromatic carbocycles. The molecule has 194 valence electrons. The Labute approximate surface area is 224 Å². The number of phenolic OH excluding ortho intramolecular Hbond substituents is 1. The number of nitrogens with zero attached hydrogens (tertiary/aromatic N) is 4. The maximum atomic E-state index is 12.7. The SMILES string of the molecule is Cn1cnc(Cn2cnc3ccc(CNCc4[nH]c5ccccc5c4C4NC(=O)c5ccc(O)cc54)cc32)c1. The lowest BCUT2D eigenvalue weighted by molar-refractivity contribution is 0.0960. The second-order valence-corrected chi connectivity index (χ2v) is 10.1. The van der Waals surface area contributed by atoms with Crippen molar-refractivity contribution in [2.24, 2.45) is 7.05 Å². The molecule has 0 aliphatic carbocycles. The summed E-state index contributed by atoms with van der Waals surface area (Å²) in [7, 11) is 1.97. The van der Waals surface area contributed by atoms with Crippen molar-refractivity contribution >= 4 is 27.8 Å². The smallest absolute Gasteiger partial charge is 0.252 e. The molecule has 1 aliphatic rings. The number of benzene rings is 3. The van der Waals surface area contributed by atoms with Gasteiger partial charge < -0.3 is 29.9 Å². The molecular formula is C30H27N7O2. The first-order valence-corrected chi connectivity index (χ1v) is 12.9. The molecule has 1 amide bonds. The minimum absolute atomic E-state index is 0.130. The number of nitrogens with one attached hydrogen (secondary N) is 3. The molecule has 0 radical (unpaired) electrons. The van der Waals surface area contributed by atoms with Gasteiger partial charge in [0, 0.05) is 54.1 Å². The van der Waals surface area contributed by atoms with E-state index in [0.717, 1.165) is 50.0 Å². The molecule has 4 N–H and O–H groups in total. The standard InChI is InChI=1S/C30H27N7O2/c1-36-14-19(32-16-36)15-37-17-33-25-9-6-18(10-27(25)37)12-31-13-26-28(22-4-2-3-5-24(22)34-26)29-23-11-20(38)7-8-21(23)30(39)35-29/h2-11,14,16-17,29,31,34,38H,12-13,15H2,1H3,(H,35,39). The van der Waals surface area contributed by atoms with Crippen LogP contribution in [0.5, 0.6) is 5.75 Å². The van der Waals surface area contributed by atoms with Crippen LogP contribution in [0.25, 0.3) is 21.9 Å². The Hall–Kier alpha value is -4.89. The Balaban J connectivity index is 1.15. The van der Waals surface area contributed by atoms with Crippen molar-refractivity contribution in [3.63, 3.8) is 0 Å². The first-order valence-electron chi connectivity index (χ1n) is 12.9. The van der Waals surface area contributed by atoms with Crippen molar-refractivity contribution in [3.8, 4) is 5.75 Å². The number of imidazole rings is 2. The predicted molar refractivity (Wildman–Crippen MR) is 148 cm³/mol. The van der Waals surface area contributed by atoms with E-state index in [1.807, 2.05) is 48.4 Å². The number of aromatic nitrogens is 5. The molecule has 3 aromatic heterocycles. The summed E-state index contributed by atoms with van der Waals surface area (Å²) in [5.41, 5.74) is 8.55. The number of carbonyl (C=O) groups excluding carboxylic acids is 1. The maximum absolute atomic E-state index is 12.7. The van der Waals surface area contributed by atoms with Gasteiger partial charge in [-0.3, -0.25) is 4.79 Å². The van der Waals surface area contributed by atoms with Crippen LogP contribution in [0.3, 0.4) is 0 Å². The van der Waals surface area contributed by atoms with Crippen molar-refractivity contribution < 1.29 is 9.90 Å². The van der Waals surface area contributed by atoms with Gasteiger partial charge in [-0.05, 0) is 47.5 Å². The highest BCUT2D eigenvalue weighted by Gasteiger charge is 2.33. The summed E-state index contributed by atoms with van der Waals surface area (Å²) in [5.74, 6) is 0.0160. The van der Waals surface area contributed by atoms with Crippen LogP contribution >= 0.6 is 0 Å². The lowest BCUT2D eigenvalue weighted by Crippen LogP contribution is -2.22. The number of hydrogen-bond acceptors (Lipinski definition) is 5. The monoisotopic (exact) mass is 517 g/mol. The van der Waals surface area contributed by atoms with E-state index >= 15 is 0 Å². The zero-order valence-electron chi connectivity index (χ0n) is 21.3. The number of hydrogen-bond donors (Lipinski definition) is 4. The molecule has 4 heterocycles. The van der Waals surface area contributed by atoms with Crippen molar-refractivity contribution in [3.05, 3.63) is 113 Å². The number of para-hydroxylation sites is 1. The summed E-state index contributed by atoms with van der Waals surface area (Å²) >= 11 is 0. The fraction of sp³-hybridized carbons (Fsp3) is 0.167. The first kappa shape index (κ1) is 23.2. The van der Waals surface area contributed by atoms with E-state index in [0.29, 0.717) is 25.2 Å². The number of aryl methyl sites for hydroxylation is 1. The van der Waals surface area contributed by atoms with Crippen molar-refractivity contribution in [2.45, 2.75) is 25.7 Å². The summed E-state index contributed by atoms with van der Waals surface area (Å²) in [6, 6.07) is 19.0. The molecule has 0 saturated heterocycles. The van der Waals surface area contributed by atoms with Gasteiger partial charge in [0.2, 0.25) is 0 Å². The number of aromatic amines is 1. The number of amides is 1.